The topological polar surface area (TPSA) is 43.3 Å². The molecule has 3 nitrogen and oxygen atoms in total. The Balaban J connectivity index is 2.35. The zero-order valence-corrected chi connectivity index (χ0v) is 11.7. The molecule has 0 spiro atoms. The fourth-order valence-electron chi connectivity index (χ4n) is 2.08. The Hall–Kier alpha value is -1.71. The van der Waals surface area contributed by atoms with E-state index in [1.807, 2.05) is 29.7 Å². The van der Waals surface area contributed by atoms with Crippen molar-refractivity contribution in [3.8, 4) is 11.3 Å². The number of pyridine rings is 1. The predicted octanol–water partition coefficient (Wildman–Crippen LogP) is 4.20. The van der Waals surface area contributed by atoms with Gasteiger partial charge in [0.2, 0.25) is 0 Å². The average Bonchev–Trinajstić information content (AvgIpc) is 2.67. The zero-order chi connectivity index (χ0) is 13.6. The van der Waals surface area contributed by atoms with Crippen molar-refractivity contribution in [2.24, 2.45) is 0 Å². The molecule has 0 amide bonds. The molecule has 0 fully saturated rings. The molecule has 96 valence electrons. The van der Waals surface area contributed by atoms with Crippen LogP contribution in [0.2, 0.25) is 10.0 Å². The highest BCUT2D eigenvalue weighted by Crippen LogP contribution is 2.37. The molecular weight excluding hydrogens is 281 g/mol. The smallest absolute Gasteiger partial charge is 0.139 e. The number of nitrogen functional groups attached to an aromatic ring is 1. The first kappa shape index (κ1) is 12.3. The summed E-state index contributed by atoms with van der Waals surface area (Å²) in [5.41, 5.74) is 9.32. The first-order valence-electron chi connectivity index (χ1n) is 5.76. The lowest BCUT2D eigenvalue weighted by atomic mass is 10.1. The van der Waals surface area contributed by atoms with Crippen molar-refractivity contribution in [3.63, 3.8) is 0 Å². The third kappa shape index (κ3) is 1.95. The first-order valence-corrected chi connectivity index (χ1v) is 6.52. The fraction of sp³-hybridized carbons (Fsp3) is 0.0714. The molecule has 5 heteroatoms. The van der Waals surface area contributed by atoms with Gasteiger partial charge in [-0.25, -0.2) is 4.98 Å². The lowest BCUT2D eigenvalue weighted by Gasteiger charge is -2.04. The van der Waals surface area contributed by atoms with Gasteiger partial charge in [-0.15, -0.1) is 0 Å². The second-order valence-corrected chi connectivity index (χ2v) is 5.19. The second kappa shape index (κ2) is 4.44. The van der Waals surface area contributed by atoms with Crippen molar-refractivity contribution in [3.05, 3.63) is 52.1 Å². The number of hydrogen-bond acceptors (Lipinski definition) is 2. The van der Waals surface area contributed by atoms with Crippen molar-refractivity contribution < 1.29 is 0 Å². The van der Waals surface area contributed by atoms with Gasteiger partial charge in [-0.2, -0.15) is 0 Å². The maximum absolute atomic E-state index is 6.21. The van der Waals surface area contributed by atoms with Gasteiger partial charge >= 0.3 is 0 Å². The van der Waals surface area contributed by atoms with Crippen molar-refractivity contribution in [1.82, 2.24) is 9.38 Å². The highest BCUT2D eigenvalue weighted by atomic mass is 35.5. The Morgan fingerprint density at radius 1 is 1.11 bits per heavy atom. The van der Waals surface area contributed by atoms with Gasteiger partial charge in [0.25, 0.3) is 0 Å². The zero-order valence-electron chi connectivity index (χ0n) is 10.2. The fourth-order valence-corrected chi connectivity index (χ4v) is 2.65. The summed E-state index contributed by atoms with van der Waals surface area (Å²) < 4.78 is 1.84. The van der Waals surface area contributed by atoms with E-state index in [1.54, 1.807) is 18.2 Å². The molecule has 0 unspecified atom stereocenters. The van der Waals surface area contributed by atoms with Gasteiger partial charge in [0, 0.05) is 11.8 Å². The number of nitrogens with zero attached hydrogens (tertiary/aromatic N) is 2. The van der Waals surface area contributed by atoms with Gasteiger partial charge in [0.1, 0.15) is 17.2 Å². The van der Waals surface area contributed by atoms with Gasteiger partial charge < -0.3 is 5.73 Å². The standard InChI is InChI=1S/C14H11Cl2N3/c1-8-5-6-11-18-13(14(17)19(11)7-8)12-9(15)3-2-4-10(12)16/h2-7H,17H2,1H3. The van der Waals surface area contributed by atoms with E-state index in [1.165, 1.54) is 0 Å². The molecule has 3 aromatic rings. The summed E-state index contributed by atoms with van der Waals surface area (Å²) in [4.78, 5) is 4.51. The van der Waals surface area contributed by atoms with E-state index in [4.69, 9.17) is 28.9 Å². The summed E-state index contributed by atoms with van der Waals surface area (Å²) in [7, 11) is 0. The largest absolute Gasteiger partial charge is 0.383 e. The summed E-state index contributed by atoms with van der Waals surface area (Å²) in [6.07, 6.45) is 1.94. The number of benzene rings is 1. The predicted molar refractivity (Wildman–Crippen MR) is 79.8 cm³/mol. The Morgan fingerprint density at radius 2 is 1.79 bits per heavy atom. The average molecular weight is 292 g/mol. The Kier molecular flexibility index (Phi) is 2.88. The van der Waals surface area contributed by atoms with E-state index < -0.39 is 0 Å². The van der Waals surface area contributed by atoms with Crippen LogP contribution in [-0.4, -0.2) is 9.38 Å². The monoisotopic (exact) mass is 291 g/mol. The van der Waals surface area contributed by atoms with Crippen LogP contribution in [0.5, 0.6) is 0 Å². The molecule has 19 heavy (non-hydrogen) atoms. The highest BCUT2D eigenvalue weighted by Gasteiger charge is 2.16. The highest BCUT2D eigenvalue weighted by molar-refractivity contribution is 6.39. The van der Waals surface area contributed by atoms with Crippen LogP contribution in [-0.2, 0) is 0 Å². The number of fused-ring (bicyclic) bond motifs is 1. The van der Waals surface area contributed by atoms with Crippen LogP contribution < -0.4 is 5.73 Å². The SMILES string of the molecule is Cc1ccc2nc(-c3c(Cl)cccc3Cl)c(N)n2c1. The maximum atomic E-state index is 6.21. The molecule has 1 aromatic carbocycles. The molecule has 2 N–H and O–H groups in total. The Morgan fingerprint density at radius 3 is 2.47 bits per heavy atom. The summed E-state index contributed by atoms with van der Waals surface area (Å²) >= 11 is 12.4. The quantitative estimate of drug-likeness (QED) is 0.730. The molecule has 0 aliphatic carbocycles. The summed E-state index contributed by atoms with van der Waals surface area (Å²) in [6, 6.07) is 9.25. The number of hydrogen-bond donors (Lipinski definition) is 1. The van der Waals surface area contributed by atoms with Gasteiger partial charge in [-0.3, -0.25) is 4.40 Å². The molecule has 0 bridgehead atoms. The van der Waals surface area contributed by atoms with Crippen LogP contribution in [0.25, 0.3) is 16.9 Å². The van der Waals surface area contributed by atoms with Crippen molar-refractivity contribution in [1.29, 1.82) is 0 Å². The Bertz CT molecular complexity index is 757. The molecule has 0 aliphatic rings. The molecule has 0 saturated carbocycles. The minimum atomic E-state index is 0.536. The van der Waals surface area contributed by atoms with Crippen LogP contribution in [0, 0.1) is 6.92 Å². The van der Waals surface area contributed by atoms with Crippen LogP contribution >= 0.6 is 23.2 Å². The lowest BCUT2D eigenvalue weighted by molar-refractivity contribution is 1.16. The summed E-state index contributed by atoms with van der Waals surface area (Å²) in [5.74, 6) is 0.536. The number of aryl methyl sites for hydroxylation is 1. The normalized spacial score (nSPS) is 11.1. The Labute approximate surface area is 120 Å². The minimum Gasteiger partial charge on any atom is -0.383 e. The van der Waals surface area contributed by atoms with E-state index in [0.717, 1.165) is 11.2 Å². The van der Waals surface area contributed by atoms with E-state index >= 15 is 0 Å². The molecule has 0 atom stereocenters. The van der Waals surface area contributed by atoms with Crippen LogP contribution in [0.4, 0.5) is 5.82 Å². The third-order valence-corrected chi connectivity index (χ3v) is 3.63. The molecule has 2 aromatic heterocycles. The number of imidazole rings is 1. The van der Waals surface area contributed by atoms with Crippen LogP contribution in [0.1, 0.15) is 5.56 Å². The molecule has 0 radical (unpaired) electrons. The maximum Gasteiger partial charge on any atom is 0.139 e. The van der Waals surface area contributed by atoms with E-state index in [9.17, 15) is 0 Å². The van der Waals surface area contributed by atoms with E-state index in [0.29, 0.717) is 27.1 Å². The molecule has 0 saturated heterocycles. The van der Waals surface area contributed by atoms with Crippen molar-refractivity contribution in [2.45, 2.75) is 6.92 Å². The molecule has 2 heterocycles. The number of rotatable bonds is 1. The summed E-state index contributed by atoms with van der Waals surface area (Å²) in [6.45, 7) is 2.00. The number of anilines is 1. The summed E-state index contributed by atoms with van der Waals surface area (Å²) in [5, 5.41) is 1.08. The minimum absolute atomic E-state index is 0.536. The second-order valence-electron chi connectivity index (χ2n) is 4.38. The van der Waals surface area contributed by atoms with E-state index in [-0.39, 0.29) is 0 Å². The first-order chi connectivity index (χ1) is 9.08. The van der Waals surface area contributed by atoms with Crippen molar-refractivity contribution in [2.75, 3.05) is 5.73 Å². The number of halogens is 2. The van der Waals surface area contributed by atoms with Crippen LogP contribution in [0.3, 0.4) is 0 Å². The van der Waals surface area contributed by atoms with Gasteiger partial charge in [0.15, 0.2) is 0 Å². The lowest BCUT2D eigenvalue weighted by Crippen LogP contribution is -1.95. The van der Waals surface area contributed by atoms with Gasteiger partial charge in [-0.05, 0) is 30.7 Å². The molecule has 3 rings (SSSR count). The number of nitrogens with two attached hydrogens (primary N) is 1. The number of aromatic nitrogens is 2. The van der Waals surface area contributed by atoms with Gasteiger partial charge in [-0.1, -0.05) is 35.3 Å². The molecular formula is C14H11Cl2N3. The molecule has 0 aliphatic heterocycles. The van der Waals surface area contributed by atoms with E-state index in [2.05, 4.69) is 4.98 Å². The third-order valence-electron chi connectivity index (χ3n) is 3.00. The van der Waals surface area contributed by atoms with Gasteiger partial charge in [0.05, 0.1) is 10.0 Å². The van der Waals surface area contributed by atoms with Crippen molar-refractivity contribution >= 4 is 34.7 Å². The van der Waals surface area contributed by atoms with Crippen LogP contribution in [0.15, 0.2) is 36.5 Å².